The summed E-state index contributed by atoms with van der Waals surface area (Å²) in [5.74, 6) is -4.38. The largest absolute Gasteiger partial charge is 0.507 e. The Morgan fingerprint density at radius 1 is 0.846 bits per heavy atom. The Bertz CT molecular complexity index is 912. The topological polar surface area (TPSA) is 110 Å². The predicted molar refractivity (Wildman–Crippen MR) is 91.3 cm³/mol. The van der Waals surface area contributed by atoms with E-state index in [0.717, 1.165) is 12.2 Å². The molecule has 2 aromatic carbocycles. The SMILES string of the molecule is C=CC(=O)Oc1ccc(C(=O)c2ccccc2O)c(O)c1OC(=O)C=C. The standard InChI is InChI=1S/C19H14O7/c1-3-15(21)25-14-10-9-12(18(24)19(14)26-16(22)4-2)17(23)11-7-5-6-8-13(11)20/h3-10,20,24H,1-2H2. The molecule has 7 nitrogen and oxygen atoms in total. The maximum absolute atomic E-state index is 12.6. The van der Waals surface area contributed by atoms with Gasteiger partial charge in [0.2, 0.25) is 11.5 Å². The van der Waals surface area contributed by atoms with Gasteiger partial charge in [0.25, 0.3) is 0 Å². The second-order valence-electron chi connectivity index (χ2n) is 4.89. The van der Waals surface area contributed by atoms with E-state index < -0.39 is 29.2 Å². The lowest BCUT2D eigenvalue weighted by Crippen LogP contribution is -2.10. The summed E-state index contributed by atoms with van der Waals surface area (Å²) >= 11 is 0. The third kappa shape index (κ3) is 3.78. The van der Waals surface area contributed by atoms with Gasteiger partial charge in [0.05, 0.1) is 11.1 Å². The Hall–Kier alpha value is -3.87. The molecule has 7 heteroatoms. The number of ketones is 1. The maximum Gasteiger partial charge on any atom is 0.335 e. The van der Waals surface area contributed by atoms with Crippen LogP contribution in [0.4, 0.5) is 0 Å². The van der Waals surface area contributed by atoms with Gasteiger partial charge in [-0.25, -0.2) is 9.59 Å². The first-order valence-corrected chi connectivity index (χ1v) is 7.26. The summed E-state index contributed by atoms with van der Waals surface area (Å²) in [7, 11) is 0. The van der Waals surface area contributed by atoms with E-state index in [1.54, 1.807) is 0 Å². The zero-order valence-corrected chi connectivity index (χ0v) is 13.5. The van der Waals surface area contributed by atoms with Crippen LogP contribution < -0.4 is 9.47 Å². The van der Waals surface area contributed by atoms with Crippen LogP contribution in [-0.2, 0) is 9.59 Å². The second-order valence-corrected chi connectivity index (χ2v) is 4.89. The van der Waals surface area contributed by atoms with Gasteiger partial charge in [0.15, 0.2) is 11.5 Å². The summed E-state index contributed by atoms with van der Waals surface area (Å²) in [6.07, 6.45) is 1.70. The lowest BCUT2D eigenvalue weighted by Gasteiger charge is -2.13. The van der Waals surface area contributed by atoms with Gasteiger partial charge < -0.3 is 19.7 Å². The first-order valence-electron chi connectivity index (χ1n) is 7.26. The first kappa shape index (κ1) is 18.5. The number of esters is 2. The average molecular weight is 354 g/mol. The number of ether oxygens (including phenoxy) is 2. The van der Waals surface area contributed by atoms with Crippen molar-refractivity contribution in [1.82, 2.24) is 0 Å². The van der Waals surface area contributed by atoms with Crippen LogP contribution in [0.1, 0.15) is 15.9 Å². The number of hydrogen-bond donors (Lipinski definition) is 2. The molecule has 2 N–H and O–H groups in total. The van der Waals surface area contributed by atoms with Crippen LogP contribution in [0.15, 0.2) is 61.7 Å². The Morgan fingerprint density at radius 2 is 1.46 bits per heavy atom. The van der Waals surface area contributed by atoms with Crippen LogP contribution in [0.25, 0.3) is 0 Å². The summed E-state index contributed by atoms with van der Waals surface area (Å²) in [6, 6.07) is 8.06. The third-order valence-electron chi connectivity index (χ3n) is 3.24. The third-order valence-corrected chi connectivity index (χ3v) is 3.24. The molecule has 0 aliphatic carbocycles. The Morgan fingerprint density at radius 3 is 2.08 bits per heavy atom. The quantitative estimate of drug-likeness (QED) is 0.355. The molecule has 2 rings (SSSR count). The molecular formula is C19H14O7. The smallest absolute Gasteiger partial charge is 0.335 e. The van der Waals surface area contributed by atoms with E-state index in [1.807, 2.05) is 0 Å². The van der Waals surface area contributed by atoms with E-state index in [1.165, 1.54) is 36.4 Å². The van der Waals surface area contributed by atoms with Crippen LogP contribution >= 0.6 is 0 Å². The minimum absolute atomic E-state index is 0.0698. The molecule has 2 aromatic rings. The summed E-state index contributed by atoms with van der Waals surface area (Å²) < 4.78 is 9.79. The number of para-hydroxylation sites is 1. The fraction of sp³-hybridized carbons (Fsp3) is 0. The molecule has 0 unspecified atom stereocenters. The Balaban J connectivity index is 2.56. The van der Waals surface area contributed by atoms with Gasteiger partial charge in [-0.3, -0.25) is 4.79 Å². The number of rotatable bonds is 6. The number of phenols is 2. The zero-order valence-electron chi connectivity index (χ0n) is 13.5. The lowest BCUT2D eigenvalue weighted by atomic mass is 10.0. The minimum Gasteiger partial charge on any atom is -0.507 e. The number of phenolic OH excluding ortho intramolecular Hbond substituents is 2. The number of aromatic hydroxyl groups is 2. The van der Waals surface area contributed by atoms with Crippen molar-refractivity contribution in [2.45, 2.75) is 0 Å². The number of carbonyl (C=O) groups is 3. The molecule has 0 bridgehead atoms. The fourth-order valence-electron chi connectivity index (χ4n) is 2.02. The highest BCUT2D eigenvalue weighted by atomic mass is 16.6. The van der Waals surface area contributed by atoms with Crippen LogP contribution in [0, 0.1) is 0 Å². The molecule has 0 amide bonds. The van der Waals surface area contributed by atoms with Crippen LogP contribution in [0.3, 0.4) is 0 Å². The highest BCUT2D eigenvalue weighted by Gasteiger charge is 2.24. The molecule has 0 aliphatic rings. The van der Waals surface area contributed by atoms with Gasteiger partial charge >= 0.3 is 11.9 Å². The second kappa shape index (κ2) is 7.80. The van der Waals surface area contributed by atoms with Crippen molar-refractivity contribution in [3.8, 4) is 23.0 Å². The fourth-order valence-corrected chi connectivity index (χ4v) is 2.02. The predicted octanol–water partition coefficient (Wildman–Crippen LogP) is 2.51. The number of carbonyl (C=O) groups excluding carboxylic acids is 3. The Kier molecular flexibility index (Phi) is 5.54. The molecule has 26 heavy (non-hydrogen) atoms. The minimum atomic E-state index is -0.941. The molecule has 0 spiro atoms. The highest BCUT2D eigenvalue weighted by Crippen LogP contribution is 2.41. The van der Waals surface area contributed by atoms with E-state index >= 15 is 0 Å². The van der Waals surface area contributed by atoms with E-state index in [0.29, 0.717) is 0 Å². The van der Waals surface area contributed by atoms with Crippen molar-refractivity contribution in [3.05, 3.63) is 72.8 Å². The van der Waals surface area contributed by atoms with E-state index in [4.69, 9.17) is 9.47 Å². The van der Waals surface area contributed by atoms with Gasteiger partial charge in [0, 0.05) is 12.2 Å². The molecule has 0 atom stereocenters. The van der Waals surface area contributed by atoms with E-state index in [2.05, 4.69) is 13.2 Å². The van der Waals surface area contributed by atoms with Crippen molar-refractivity contribution in [2.24, 2.45) is 0 Å². The summed E-state index contributed by atoms with van der Waals surface area (Å²) in [4.78, 5) is 35.5. The van der Waals surface area contributed by atoms with Crippen molar-refractivity contribution in [1.29, 1.82) is 0 Å². The van der Waals surface area contributed by atoms with Gasteiger partial charge in [-0.2, -0.15) is 0 Å². The van der Waals surface area contributed by atoms with Gasteiger partial charge in [0.1, 0.15) is 5.75 Å². The normalized spacial score (nSPS) is 9.85. The molecule has 0 heterocycles. The van der Waals surface area contributed by atoms with Crippen molar-refractivity contribution in [3.63, 3.8) is 0 Å². The molecule has 0 saturated carbocycles. The lowest BCUT2D eigenvalue weighted by molar-refractivity contribution is -0.131. The highest BCUT2D eigenvalue weighted by molar-refractivity contribution is 6.13. The van der Waals surface area contributed by atoms with E-state index in [9.17, 15) is 24.6 Å². The first-order chi connectivity index (χ1) is 12.4. The molecule has 0 saturated heterocycles. The van der Waals surface area contributed by atoms with Crippen LogP contribution in [-0.4, -0.2) is 27.9 Å². The number of benzene rings is 2. The zero-order chi connectivity index (χ0) is 19.3. The molecule has 0 radical (unpaired) electrons. The molecule has 0 aromatic heterocycles. The summed E-state index contributed by atoms with van der Waals surface area (Å²) in [5, 5.41) is 20.2. The maximum atomic E-state index is 12.6. The van der Waals surface area contributed by atoms with Gasteiger partial charge in [-0.1, -0.05) is 25.3 Å². The number of hydrogen-bond acceptors (Lipinski definition) is 7. The van der Waals surface area contributed by atoms with Crippen molar-refractivity contribution in [2.75, 3.05) is 0 Å². The molecular weight excluding hydrogens is 340 g/mol. The van der Waals surface area contributed by atoms with Gasteiger partial charge in [-0.15, -0.1) is 0 Å². The van der Waals surface area contributed by atoms with Crippen molar-refractivity contribution >= 4 is 17.7 Å². The monoisotopic (exact) mass is 354 g/mol. The van der Waals surface area contributed by atoms with Crippen LogP contribution in [0.5, 0.6) is 23.0 Å². The molecule has 0 aliphatic heterocycles. The summed E-state index contributed by atoms with van der Waals surface area (Å²) in [6.45, 7) is 6.47. The van der Waals surface area contributed by atoms with E-state index in [-0.39, 0.29) is 22.6 Å². The van der Waals surface area contributed by atoms with Crippen LogP contribution in [0.2, 0.25) is 0 Å². The Labute approximate surface area is 148 Å². The summed E-state index contributed by atoms with van der Waals surface area (Å²) in [5.41, 5.74) is -0.337. The molecule has 0 fully saturated rings. The van der Waals surface area contributed by atoms with Gasteiger partial charge in [-0.05, 0) is 24.3 Å². The molecule has 132 valence electrons. The average Bonchev–Trinajstić information content (AvgIpc) is 2.64. The van der Waals surface area contributed by atoms with Crippen molar-refractivity contribution < 1.29 is 34.1 Å².